The quantitative estimate of drug-likeness (QED) is 0.799. The highest BCUT2D eigenvalue weighted by molar-refractivity contribution is 5.83. The molecule has 2 N–H and O–H groups in total. The first-order valence-electron chi connectivity index (χ1n) is 6.53. The van der Waals surface area contributed by atoms with Crippen molar-refractivity contribution in [2.24, 2.45) is 0 Å². The normalized spacial score (nSPS) is 12.1. The number of nitrogens with one attached hydrogen (secondary N) is 1. The molecule has 0 radical (unpaired) electrons. The van der Waals surface area contributed by atoms with Gasteiger partial charge in [0.25, 0.3) is 5.56 Å². The average molecular weight is 305 g/mol. The van der Waals surface area contributed by atoms with E-state index in [-0.39, 0.29) is 5.39 Å². The van der Waals surface area contributed by atoms with Crippen LogP contribution < -0.4 is 11.2 Å². The maximum absolute atomic E-state index is 12.3. The predicted molar refractivity (Wildman–Crippen MR) is 78.7 cm³/mol. The van der Waals surface area contributed by atoms with E-state index in [0.29, 0.717) is 5.52 Å². The number of nitrogens with zero attached hydrogens (tertiary/aromatic N) is 2. The fourth-order valence-corrected chi connectivity index (χ4v) is 1.97. The third-order valence-corrected chi connectivity index (χ3v) is 3.51. The van der Waals surface area contributed by atoms with Crippen LogP contribution >= 0.6 is 0 Å². The molecule has 116 valence electrons. The number of para-hydroxylation sites is 1. The Bertz CT molecular complexity index is 851. The minimum Gasteiger partial charge on any atom is -0.480 e. The van der Waals surface area contributed by atoms with Crippen LogP contribution in [0.5, 0.6) is 0 Å². The molecule has 0 fully saturated rings. The maximum atomic E-state index is 12.3. The average Bonchev–Trinajstić information content (AvgIpc) is 2.49. The molecule has 0 saturated carbocycles. The molecule has 0 aliphatic rings. The van der Waals surface area contributed by atoms with E-state index in [1.54, 1.807) is 18.2 Å². The summed E-state index contributed by atoms with van der Waals surface area (Å²) < 4.78 is 0.760. The van der Waals surface area contributed by atoms with E-state index in [9.17, 15) is 19.2 Å². The summed E-state index contributed by atoms with van der Waals surface area (Å²) in [5.74, 6) is -1.81. The molecule has 0 spiro atoms. The Labute approximate surface area is 124 Å². The highest BCUT2D eigenvalue weighted by atomic mass is 16.4. The Morgan fingerprint density at radius 2 is 1.95 bits per heavy atom. The van der Waals surface area contributed by atoms with Gasteiger partial charge in [-0.25, -0.2) is 9.59 Å². The summed E-state index contributed by atoms with van der Waals surface area (Å²) in [6.07, 6.45) is 0. The number of likely N-dealkylation sites (N-methyl/N-ethyl adjacent to an activating group) is 1. The van der Waals surface area contributed by atoms with Crippen molar-refractivity contribution in [2.45, 2.75) is 19.5 Å². The van der Waals surface area contributed by atoms with Crippen LogP contribution in [-0.2, 0) is 16.1 Å². The highest BCUT2D eigenvalue weighted by Gasteiger charge is 2.22. The van der Waals surface area contributed by atoms with Crippen LogP contribution in [0.15, 0.2) is 33.9 Å². The van der Waals surface area contributed by atoms with Gasteiger partial charge in [0.15, 0.2) is 0 Å². The number of aromatic amines is 1. The van der Waals surface area contributed by atoms with Crippen LogP contribution in [0.2, 0.25) is 0 Å². The van der Waals surface area contributed by atoms with E-state index < -0.39 is 35.7 Å². The van der Waals surface area contributed by atoms with Gasteiger partial charge in [0.1, 0.15) is 12.6 Å². The van der Waals surface area contributed by atoms with Crippen LogP contribution in [-0.4, -0.2) is 44.5 Å². The second kappa shape index (κ2) is 5.84. The first-order chi connectivity index (χ1) is 10.3. The lowest BCUT2D eigenvalue weighted by atomic mass is 10.2. The zero-order chi connectivity index (χ0) is 16.4. The minimum atomic E-state index is -1.17. The van der Waals surface area contributed by atoms with E-state index in [2.05, 4.69) is 4.98 Å². The first-order valence-corrected chi connectivity index (χ1v) is 6.53. The van der Waals surface area contributed by atoms with Crippen molar-refractivity contribution >= 4 is 22.8 Å². The van der Waals surface area contributed by atoms with Gasteiger partial charge in [0.2, 0.25) is 5.91 Å². The van der Waals surface area contributed by atoms with Gasteiger partial charge in [-0.3, -0.25) is 14.2 Å². The molecular weight excluding hydrogens is 290 g/mol. The molecule has 1 atom stereocenters. The van der Waals surface area contributed by atoms with Gasteiger partial charge in [-0.15, -0.1) is 0 Å². The Morgan fingerprint density at radius 3 is 2.59 bits per heavy atom. The number of aromatic nitrogens is 2. The number of H-pyrrole nitrogens is 1. The summed E-state index contributed by atoms with van der Waals surface area (Å²) >= 11 is 0. The van der Waals surface area contributed by atoms with Crippen molar-refractivity contribution in [3.8, 4) is 0 Å². The summed E-state index contributed by atoms with van der Waals surface area (Å²) in [5.41, 5.74) is -0.925. The Kier molecular flexibility index (Phi) is 4.11. The van der Waals surface area contributed by atoms with Crippen LogP contribution in [0.1, 0.15) is 6.92 Å². The number of carbonyl (C=O) groups excluding carboxylic acids is 1. The molecule has 1 heterocycles. The van der Waals surface area contributed by atoms with E-state index in [0.717, 1.165) is 9.47 Å². The van der Waals surface area contributed by atoms with Crippen molar-refractivity contribution in [2.75, 3.05) is 7.05 Å². The Morgan fingerprint density at radius 1 is 1.32 bits per heavy atom. The lowest BCUT2D eigenvalue weighted by molar-refractivity contribution is -0.148. The summed E-state index contributed by atoms with van der Waals surface area (Å²) in [7, 11) is 1.31. The topological polar surface area (TPSA) is 112 Å². The number of fused-ring (bicyclic) bond motifs is 1. The molecule has 1 amide bonds. The van der Waals surface area contributed by atoms with Gasteiger partial charge in [-0.1, -0.05) is 12.1 Å². The number of aliphatic carboxylic acids is 1. The second-order valence-electron chi connectivity index (χ2n) is 4.89. The molecule has 1 aromatic carbocycles. The molecule has 2 aromatic rings. The van der Waals surface area contributed by atoms with Crippen LogP contribution in [0.4, 0.5) is 0 Å². The zero-order valence-corrected chi connectivity index (χ0v) is 12.1. The first kappa shape index (κ1) is 15.5. The highest BCUT2D eigenvalue weighted by Crippen LogP contribution is 2.03. The maximum Gasteiger partial charge on any atom is 0.329 e. The van der Waals surface area contributed by atoms with E-state index >= 15 is 0 Å². The summed E-state index contributed by atoms with van der Waals surface area (Å²) in [6, 6.07) is 5.39. The van der Waals surface area contributed by atoms with E-state index in [1.165, 1.54) is 20.0 Å². The van der Waals surface area contributed by atoms with Crippen molar-refractivity contribution < 1.29 is 14.7 Å². The van der Waals surface area contributed by atoms with Gasteiger partial charge in [0, 0.05) is 7.05 Å². The van der Waals surface area contributed by atoms with Gasteiger partial charge in [-0.05, 0) is 19.1 Å². The van der Waals surface area contributed by atoms with Gasteiger partial charge in [0.05, 0.1) is 10.9 Å². The lowest BCUT2D eigenvalue weighted by Crippen LogP contribution is -2.45. The SMILES string of the molecule is CC(C(=O)O)N(C)C(=O)Cn1c(=O)[nH]c2ccccc2c1=O. The number of carboxylic acid groups (broad SMARTS) is 1. The molecule has 1 aromatic heterocycles. The van der Waals surface area contributed by atoms with Crippen LogP contribution in [0, 0.1) is 0 Å². The number of carbonyl (C=O) groups is 2. The second-order valence-corrected chi connectivity index (χ2v) is 4.89. The van der Waals surface area contributed by atoms with Crippen molar-refractivity contribution in [1.29, 1.82) is 0 Å². The Hall–Kier alpha value is -2.90. The Balaban J connectivity index is 2.40. The molecule has 2 rings (SSSR count). The molecule has 0 saturated heterocycles. The molecule has 8 heteroatoms. The molecule has 22 heavy (non-hydrogen) atoms. The number of rotatable bonds is 4. The summed E-state index contributed by atoms with van der Waals surface area (Å²) in [4.78, 5) is 50.6. The van der Waals surface area contributed by atoms with Crippen molar-refractivity contribution in [3.05, 3.63) is 45.1 Å². The standard InChI is InChI=1S/C14H15N3O5/c1-8(13(20)21)16(2)11(18)7-17-12(19)9-5-3-4-6-10(9)15-14(17)22/h3-6,8H,7H2,1-2H3,(H,15,22)(H,20,21). The summed E-state index contributed by atoms with van der Waals surface area (Å²) in [5, 5.41) is 9.17. The van der Waals surface area contributed by atoms with Crippen molar-refractivity contribution in [3.63, 3.8) is 0 Å². The molecule has 0 aliphatic heterocycles. The number of hydrogen-bond acceptors (Lipinski definition) is 4. The largest absolute Gasteiger partial charge is 0.480 e. The summed E-state index contributed by atoms with van der Waals surface area (Å²) in [6.45, 7) is 0.820. The fraction of sp³-hybridized carbons (Fsp3) is 0.286. The minimum absolute atomic E-state index is 0.281. The number of benzene rings is 1. The smallest absolute Gasteiger partial charge is 0.329 e. The molecule has 0 aliphatic carbocycles. The molecule has 0 bridgehead atoms. The molecule has 8 nitrogen and oxygen atoms in total. The van der Waals surface area contributed by atoms with E-state index in [1.807, 2.05) is 0 Å². The third-order valence-electron chi connectivity index (χ3n) is 3.51. The third kappa shape index (κ3) is 2.76. The lowest BCUT2D eigenvalue weighted by Gasteiger charge is -2.21. The van der Waals surface area contributed by atoms with Gasteiger partial charge in [-0.2, -0.15) is 0 Å². The van der Waals surface area contributed by atoms with Crippen LogP contribution in [0.25, 0.3) is 10.9 Å². The molecular formula is C14H15N3O5. The molecule has 1 unspecified atom stereocenters. The number of hydrogen-bond donors (Lipinski definition) is 2. The fourth-order valence-electron chi connectivity index (χ4n) is 1.97. The van der Waals surface area contributed by atoms with E-state index in [4.69, 9.17) is 5.11 Å². The van der Waals surface area contributed by atoms with Gasteiger partial charge < -0.3 is 15.0 Å². The van der Waals surface area contributed by atoms with Gasteiger partial charge >= 0.3 is 11.7 Å². The predicted octanol–water partition coefficient (Wildman–Crippen LogP) is -0.379. The van der Waals surface area contributed by atoms with Crippen LogP contribution in [0.3, 0.4) is 0 Å². The number of amides is 1. The monoisotopic (exact) mass is 305 g/mol. The van der Waals surface area contributed by atoms with Crippen molar-refractivity contribution in [1.82, 2.24) is 14.5 Å². The number of carboxylic acids is 1. The zero-order valence-electron chi connectivity index (χ0n) is 12.1.